The Morgan fingerprint density at radius 2 is 1.93 bits per heavy atom. The molecule has 41 heavy (non-hydrogen) atoms. The van der Waals surface area contributed by atoms with Gasteiger partial charge in [-0.05, 0) is 44.2 Å². The second-order valence-electron chi connectivity index (χ2n) is 9.88. The predicted octanol–water partition coefficient (Wildman–Crippen LogP) is 4.38. The van der Waals surface area contributed by atoms with Crippen molar-refractivity contribution in [2.45, 2.75) is 26.4 Å². The molecule has 2 amide bonds. The first-order chi connectivity index (χ1) is 19.9. The molecule has 0 saturated carbocycles. The molecule has 9 heteroatoms. The Hall–Kier alpha value is -5.18. The number of nitrogens with zero attached hydrogens (tertiary/aromatic N) is 5. The number of para-hydroxylation sites is 1. The molecular formula is C32H30N6O3. The van der Waals surface area contributed by atoms with Crippen molar-refractivity contribution in [3.63, 3.8) is 0 Å². The molecular weight excluding hydrogens is 516 g/mol. The number of carbonyl (C=O) groups is 3. The zero-order valence-electron chi connectivity index (χ0n) is 23.1. The van der Waals surface area contributed by atoms with Gasteiger partial charge in [0.25, 0.3) is 5.91 Å². The van der Waals surface area contributed by atoms with Crippen LogP contribution in [0.4, 0.5) is 0 Å². The molecule has 0 fully saturated rings. The van der Waals surface area contributed by atoms with Gasteiger partial charge in [0.2, 0.25) is 5.91 Å². The minimum Gasteiger partial charge on any atom is -0.344 e. The lowest BCUT2D eigenvalue weighted by atomic mass is 10.1. The molecule has 0 aliphatic carbocycles. The van der Waals surface area contributed by atoms with Gasteiger partial charge in [-0.3, -0.25) is 29.0 Å². The van der Waals surface area contributed by atoms with Crippen LogP contribution in [-0.4, -0.2) is 62.4 Å². The first-order valence-electron chi connectivity index (χ1n) is 13.3. The smallest absolute Gasteiger partial charge is 0.269 e. The highest BCUT2D eigenvalue weighted by Gasteiger charge is 2.28. The van der Waals surface area contributed by atoms with Crippen LogP contribution in [0.25, 0.3) is 33.4 Å². The molecule has 0 spiro atoms. The van der Waals surface area contributed by atoms with E-state index in [0.717, 1.165) is 27.7 Å². The molecule has 9 nitrogen and oxygen atoms in total. The summed E-state index contributed by atoms with van der Waals surface area (Å²) in [6, 6.07) is 15.2. The molecule has 206 valence electrons. The fourth-order valence-corrected chi connectivity index (χ4v) is 4.80. The fraction of sp³-hybridized carbons (Fsp3) is 0.188. The van der Waals surface area contributed by atoms with Crippen molar-refractivity contribution in [3.05, 3.63) is 102 Å². The number of carbonyl (C=O) groups excluding carboxylic acids is 3. The van der Waals surface area contributed by atoms with Gasteiger partial charge in [0.05, 0.1) is 29.5 Å². The van der Waals surface area contributed by atoms with Crippen LogP contribution in [0.5, 0.6) is 0 Å². The number of hydrogen-bond donors (Lipinski definition) is 1. The summed E-state index contributed by atoms with van der Waals surface area (Å²) >= 11 is 0. The second-order valence-corrected chi connectivity index (χ2v) is 9.88. The number of fused-ring (bicyclic) bond motifs is 2. The molecule has 1 aliphatic rings. The van der Waals surface area contributed by atoms with Crippen molar-refractivity contribution in [1.82, 2.24) is 30.0 Å². The van der Waals surface area contributed by atoms with E-state index in [4.69, 9.17) is 5.10 Å². The van der Waals surface area contributed by atoms with Crippen molar-refractivity contribution in [1.29, 1.82) is 0 Å². The molecule has 0 radical (unpaired) electrons. The molecule has 4 aromatic rings. The maximum absolute atomic E-state index is 13.0. The van der Waals surface area contributed by atoms with Gasteiger partial charge in [-0.1, -0.05) is 42.5 Å². The highest BCUT2D eigenvalue weighted by Crippen LogP contribution is 2.27. The molecule has 1 unspecified atom stereocenters. The SMILES string of the molecule is C\C=C/C=C\C(C=O)=C(/C)C(=O)N(C)CC1Cn2nc(-c3ccnc(-c4cnc5ccccc5c4)c3)cc2C(=O)N1. The summed E-state index contributed by atoms with van der Waals surface area (Å²) in [5, 5.41) is 8.72. The molecule has 1 N–H and O–H groups in total. The van der Waals surface area contributed by atoms with Crippen LogP contribution in [-0.2, 0) is 16.1 Å². The maximum Gasteiger partial charge on any atom is 0.269 e. The minimum absolute atomic E-state index is 0.260. The van der Waals surface area contributed by atoms with Crippen LogP contribution in [0.2, 0.25) is 0 Å². The molecule has 1 aliphatic heterocycles. The van der Waals surface area contributed by atoms with Crippen LogP contribution < -0.4 is 5.32 Å². The van der Waals surface area contributed by atoms with E-state index in [2.05, 4.69) is 21.4 Å². The van der Waals surface area contributed by atoms with Gasteiger partial charge < -0.3 is 10.2 Å². The van der Waals surface area contributed by atoms with Gasteiger partial charge in [0.15, 0.2) is 6.29 Å². The highest BCUT2D eigenvalue weighted by molar-refractivity contribution is 6.00. The number of amides is 2. The molecule has 0 saturated heterocycles. The summed E-state index contributed by atoms with van der Waals surface area (Å²) in [6.07, 6.45) is 11.1. The van der Waals surface area contributed by atoms with Gasteiger partial charge in [-0.2, -0.15) is 5.10 Å². The first kappa shape index (κ1) is 27.4. The zero-order chi connectivity index (χ0) is 28.9. The Balaban J connectivity index is 1.33. The van der Waals surface area contributed by atoms with E-state index in [0.29, 0.717) is 35.4 Å². The number of pyridine rings is 2. The monoisotopic (exact) mass is 546 g/mol. The van der Waals surface area contributed by atoms with Crippen LogP contribution in [0.15, 0.2) is 96.4 Å². The highest BCUT2D eigenvalue weighted by atomic mass is 16.2. The minimum atomic E-state index is -0.348. The lowest BCUT2D eigenvalue weighted by Gasteiger charge is -2.29. The quantitative estimate of drug-likeness (QED) is 0.200. The zero-order valence-corrected chi connectivity index (χ0v) is 23.1. The van der Waals surface area contributed by atoms with Crippen LogP contribution in [0.3, 0.4) is 0 Å². The van der Waals surface area contributed by atoms with E-state index < -0.39 is 0 Å². The number of hydrogen-bond acceptors (Lipinski definition) is 6. The van der Waals surface area contributed by atoms with Crippen molar-refractivity contribution in [2.75, 3.05) is 13.6 Å². The Morgan fingerprint density at radius 1 is 1.10 bits per heavy atom. The number of rotatable bonds is 8. The fourth-order valence-electron chi connectivity index (χ4n) is 4.80. The summed E-state index contributed by atoms with van der Waals surface area (Å²) in [5.74, 6) is -0.546. The Bertz CT molecular complexity index is 1730. The number of allylic oxidation sites excluding steroid dienone is 5. The maximum atomic E-state index is 13.0. The van der Waals surface area contributed by atoms with E-state index in [1.54, 1.807) is 55.3 Å². The lowest BCUT2D eigenvalue weighted by molar-refractivity contribution is -0.126. The number of aromatic nitrogens is 4. The molecule has 4 heterocycles. The van der Waals surface area contributed by atoms with Crippen molar-refractivity contribution in [2.24, 2.45) is 0 Å². The molecule has 1 aromatic carbocycles. The van der Waals surface area contributed by atoms with Crippen LogP contribution in [0, 0.1) is 0 Å². The summed E-state index contributed by atoms with van der Waals surface area (Å²) < 4.78 is 1.67. The molecule has 0 bridgehead atoms. The van der Waals surface area contributed by atoms with E-state index in [9.17, 15) is 14.4 Å². The number of aldehydes is 1. The van der Waals surface area contributed by atoms with E-state index >= 15 is 0 Å². The summed E-state index contributed by atoms with van der Waals surface area (Å²) in [6.45, 7) is 4.15. The average Bonchev–Trinajstić information content (AvgIpc) is 3.43. The van der Waals surface area contributed by atoms with Gasteiger partial charge in [-0.15, -0.1) is 0 Å². The van der Waals surface area contributed by atoms with Crippen LogP contribution in [0.1, 0.15) is 24.3 Å². The van der Waals surface area contributed by atoms with Gasteiger partial charge in [0.1, 0.15) is 5.69 Å². The lowest BCUT2D eigenvalue weighted by Crippen LogP contribution is -2.50. The van der Waals surface area contributed by atoms with Crippen molar-refractivity contribution >= 4 is 29.0 Å². The summed E-state index contributed by atoms with van der Waals surface area (Å²) in [5.41, 5.74) is 5.13. The molecule has 5 rings (SSSR count). The predicted molar refractivity (Wildman–Crippen MR) is 158 cm³/mol. The first-order valence-corrected chi connectivity index (χ1v) is 13.3. The normalized spacial score (nSPS) is 15.6. The van der Waals surface area contributed by atoms with Crippen molar-refractivity contribution < 1.29 is 14.4 Å². The molecule has 3 aromatic heterocycles. The van der Waals surface area contributed by atoms with Gasteiger partial charge >= 0.3 is 0 Å². The number of likely N-dealkylation sites (N-methyl/N-ethyl adjacent to an activating group) is 1. The Morgan fingerprint density at radius 3 is 2.73 bits per heavy atom. The summed E-state index contributed by atoms with van der Waals surface area (Å²) in [4.78, 5) is 48.1. The second kappa shape index (κ2) is 11.9. The number of nitrogens with one attached hydrogen (secondary N) is 1. The Kier molecular flexibility index (Phi) is 7.96. The largest absolute Gasteiger partial charge is 0.344 e. The van der Waals surface area contributed by atoms with Crippen LogP contribution >= 0.6 is 0 Å². The third kappa shape index (κ3) is 5.89. The van der Waals surface area contributed by atoms with E-state index in [-0.39, 0.29) is 24.4 Å². The van der Waals surface area contributed by atoms with Crippen molar-refractivity contribution in [3.8, 4) is 22.5 Å². The standard InChI is InChI=1S/C32H30N6O3/c1-4-5-6-10-24(20-39)21(2)32(41)37(3)18-26-19-38-30(31(40)35-26)16-29(36-38)23-12-13-33-28(15-23)25-14-22-9-7-8-11-27(22)34-17-25/h4-17,20,26H,18-19H2,1-3H3,(H,35,40)/b5-4-,10-6-,24-21-. The van der Waals surface area contributed by atoms with E-state index in [1.165, 1.54) is 4.90 Å². The average molecular weight is 547 g/mol. The topological polar surface area (TPSA) is 110 Å². The van der Waals surface area contributed by atoms with E-state index in [1.807, 2.05) is 49.4 Å². The van der Waals surface area contributed by atoms with Gasteiger partial charge in [0, 0.05) is 53.6 Å². The van der Waals surface area contributed by atoms with Gasteiger partial charge in [-0.25, -0.2) is 0 Å². The summed E-state index contributed by atoms with van der Waals surface area (Å²) in [7, 11) is 1.65. The number of benzene rings is 1. The third-order valence-electron chi connectivity index (χ3n) is 6.98. The molecule has 1 atom stereocenters. The Labute approximate surface area is 237 Å². The third-order valence-corrected chi connectivity index (χ3v) is 6.98.